The highest BCUT2D eigenvalue weighted by atomic mass is 79.9. The quantitative estimate of drug-likeness (QED) is 0.899. The van der Waals surface area contributed by atoms with Gasteiger partial charge in [0.05, 0.1) is 6.04 Å². The lowest BCUT2D eigenvalue weighted by Crippen LogP contribution is -2.30. The van der Waals surface area contributed by atoms with Gasteiger partial charge in [-0.15, -0.1) is 0 Å². The van der Waals surface area contributed by atoms with Gasteiger partial charge in [-0.3, -0.25) is 4.79 Å². The second-order valence-corrected chi connectivity index (χ2v) is 5.95. The fourth-order valence-electron chi connectivity index (χ4n) is 2.18. The summed E-state index contributed by atoms with van der Waals surface area (Å²) >= 11 is 3.45. The minimum atomic E-state index is -0.0727. The van der Waals surface area contributed by atoms with Crippen LogP contribution in [0.4, 0.5) is 0 Å². The molecular weight excluding hydrogens is 330 g/mol. The molecule has 21 heavy (non-hydrogen) atoms. The van der Waals surface area contributed by atoms with Crippen LogP contribution in [0.1, 0.15) is 34.5 Å². The van der Waals surface area contributed by atoms with Crippen molar-refractivity contribution in [3.05, 3.63) is 63.6 Å². The van der Waals surface area contributed by atoms with Gasteiger partial charge in [-0.1, -0.05) is 34.1 Å². The zero-order chi connectivity index (χ0) is 15.6. The number of phenols is 1. The van der Waals surface area contributed by atoms with Gasteiger partial charge in [0.15, 0.2) is 0 Å². The van der Waals surface area contributed by atoms with E-state index in [1.807, 2.05) is 44.2 Å². The molecule has 0 aliphatic heterocycles. The molecule has 0 heterocycles. The van der Waals surface area contributed by atoms with Crippen molar-refractivity contribution in [3.63, 3.8) is 0 Å². The van der Waals surface area contributed by atoms with Gasteiger partial charge in [-0.25, -0.2) is 0 Å². The highest BCUT2D eigenvalue weighted by molar-refractivity contribution is 9.10. The van der Waals surface area contributed by atoms with Crippen molar-refractivity contribution in [2.45, 2.75) is 19.9 Å². The third kappa shape index (κ3) is 3.27. The molecule has 4 heteroatoms. The van der Waals surface area contributed by atoms with E-state index in [0.29, 0.717) is 5.56 Å². The van der Waals surface area contributed by atoms with E-state index in [-0.39, 0.29) is 17.7 Å². The van der Waals surface area contributed by atoms with Crippen LogP contribution in [-0.4, -0.2) is 23.0 Å². The molecule has 0 spiro atoms. The zero-order valence-corrected chi connectivity index (χ0v) is 13.9. The van der Waals surface area contributed by atoms with Crippen molar-refractivity contribution in [2.75, 3.05) is 7.05 Å². The van der Waals surface area contributed by atoms with Crippen LogP contribution < -0.4 is 0 Å². The highest BCUT2D eigenvalue weighted by Crippen LogP contribution is 2.25. The van der Waals surface area contributed by atoms with E-state index in [4.69, 9.17) is 0 Å². The minimum Gasteiger partial charge on any atom is -0.508 e. The van der Waals surface area contributed by atoms with Gasteiger partial charge in [0, 0.05) is 17.1 Å². The Balaban J connectivity index is 2.26. The molecule has 0 aliphatic rings. The molecular formula is C17H18BrNO2. The van der Waals surface area contributed by atoms with Crippen LogP contribution in [0, 0.1) is 6.92 Å². The van der Waals surface area contributed by atoms with E-state index < -0.39 is 0 Å². The molecule has 0 aromatic heterocycles. The predicted octanol–water partition coefficient (Wildman–Crippen LogP) is 4.30. The number of amides is 1. The van der Waals surface area contributed by atoms with E-state index in [9.17, 15) is 9.90 Å². The molecule has 0 radical (unpaired) electrons. The number of phenolic OH excluding ortho intramolecular Hbond substituents is 1. The monoisotopic (exact) mass is 347 g/mol. The summed E-state index contributed by atoms with van der Waals surface area (Å²) in [4.78, 5) is 14.4. The normalized spacial score (nSPS) is 12.0. The van der Waals surface area contributed by atoms with Crippen LogP contribution >= 0.6 is 15.9 Å². The van der Waals surface area contributed by atoms with Crippen LogP contribution in [0.3, 0.4) is 0 Å². The Kier molecular flexibility index (Phi) is 4.68. The molecule has 0 saturated heterocycles. The van der Waals surface area contributed by atoms with Crippen LogP contribution in [0.5, 0.6) is 5.75 Å². The fraction of sp³-hybridized carbons (Fsp3) is 0.235. The smallest absolute Gasteiger partial charge is 0.254 e. The van der Waals surface area contributed by atoms with Crippen molar-refractivity contribution in [3.8, 4) is 5.75 Å². The van der Waals surface area contributed by atoms with Crippen LogP contribution in [0.2, 0.25) is 0 Å². The predicted molar refractivity (Wildman–Crippen MR) is 87.5 cm³/mol. The number of hydrogen-bond donors (Lipinski definition) is 1. The number of halogens is 1. The SMILES string of the molecule is Cc1c(Br)cccc1C(=O)N(C)C(C)c1ccc(O)cc1. The lowest BCUT2D eigenvalue weighted by molar-refractivity contribution is 0.0742. The molecule has 2 aromatic rings. The second kappa shape index (κ2) is 6.31. The first-order valence-corrected chi connectivity index (χ1v) is 7.52. The van der Waals surface area contributed by atoms with Crippen molar-refractivity contribution in [2.24, 2.45) is 0 Å². The number of carbonyl (C=O) groups is 1. The van der Waals surface area contributed by atoms with E-state index in [1.165, 1.54) is 0 Å². The Hall–Kier alpha value is -1.81. The van der Waals surface area contributed by atoms with Crippen molar-refractivity contribution >= 4 is 21.8 Å². The molecule has 0 saturated carbocycles. The summed E-state index contributed by atoms with van der Waals surface area (Å²) in [6.45, 7) is 3.90. The molecule has 110 valence electrons. The molecule has 2 rings (SSSR count). The highest BCUT2D eigenvalue weighted by Gasteiger charge is 2.20. The van der Waals surface area contributed by atoms with Crippen molar-refractivity contribution in [1.82, 2.24) is 4.90 Å². The average molecular weight is 348 g/mol. The van der Waals surface area contributed by atoms with Gasteiger partial charge in [0.2, 0.25) is 0 Å². The molecule has 1 atom stereocenters. The Morgan fingerprint density at radius 3 is 2.43 bits per heavy atom. The molecule has 0 aliphatic carbocycles. The number of nitrogens with zero attached hydrogens (tertiary/aromatic N) is 1. The average Bonchev–Trinajstić information content (AvgIpc) is 2.48. The molecule has 0 bridgehead atoms. The summed E-state index contributed by atoms with van der Waals surface area (Å²) < 4.78 is 0.930. The summed E-state index contributed by atoms with van der Waals surface area (Å²) in [5.41, 5.74) is 2.61. The maximum Gasteiger partial charge on any atom is 0.254 e. The van der Waals surface area contributed by atoms with Crippen LogP contribution in [-0.2, 0) is 0 Å². The number of carbonyl (C=O) groups excluding carboxylic acids is 1. The Morgan fingerprint density at radius 2 is 1.81 bits per heavy atom. The van der Waals surface area contributed by atoms with E-state index in [1.54, 1.807) is 24.1 Å². The number of rotatable bonds is 3. The Bertz CT molecular complexity index is 652. The molecule has 1 N–H and O–H groups in total. The van der Waals surface area contributed by atoms with Crippen LogP contribution in [0.25, 0.3) is 0 Å². The summed E-state index contributed by atoms with van der Waals surface area (Å²) in [6.07, 6.45) is 0. The molecule has 3 nitrogen and oxygen atoms in total. The van der Waals surface area contributed by atoms with E-state index in [0.717, 1.165) is 15.6 Å². The maximum atomic E-state index is 12.7. The molecule has 1 amide bonds. The Labute approximate surface area is 133 Å². The number of hydrogen-bond acceptors (Lipinski definition) is 2. The van der Waals surface area contributed by atoms with Crippen molar-refractivity contribution < 1.29 is 9.90 Å². The molecule has 0 fully saturated rings. The van der Waals surface area contributed by atoms with Gasteiger partial charge in [-0.05, 0) is 49.2 Å². The van der Waals surface area contributed by atoms with Gasteiger partial charge < -0.3 is 10.0 Å². The Morgan fingerprint density at radius 1 is 1.19 bits per heavy atom. The first-order valence-electron chi connectivity index (χ1n) is 6.73. The first-order chi connectivity index (χ1) is 9.91. The third-order valence-electron chi connectivity index (χ3n) is 3.77. The number of benzene rings is 2. The summed E-state index contributed by atoms with van der Waals surface area (Å²) in [5.74, 6) is 0.206. The summed E-state index contributed by atoms with van der Waals surface area (Å²) in [6, 6.07) is 12.5. The summed E-state index contributed by atoms with van der Waals surface area (Å²) in [5, 5.41) is 9.35. The summed E-state index contributed by atoms with van der Waals surface area (Å²) in [7, 11) is 1.79. The van der Waals surface area contributed by atoms with Gasteiger partial charge in [0.1, 0.15) is 5.75 Å². The molecule has 2 aromatic carbocycles. The zero-order valence-electron chi connectivity index (χ0n) is 12.3. The maximum absolute atomic E-state index is 12.7. The van der Waals surface area contributed by atoms with Crippen LogP contribution in [0.15, 0.2) is 46.9 Å². The lowest BCUT2D eigenvalue weighted by Gasteiger charge is -2.26. The molecule has 1 unspecified atom stereocenters. The third-order valence-corrected chi connectivity index (χ3v) is 4.63. The van der Waals surface area contributed by atoms with Gasteiger partial charge >= 0.3 is 0 Å². The number of aromatic hydroxyl groups is 1. The van der Waals surface area contributed by atoms with Gasteiger partial charge in [-0.2, -0.15) is 0 Å². The van der Waals surface area contributed by atoms with Gasteiger partial charge in [0.25, 0.3) is 5.91 Å². The topological polar surface area (TPSA) is 40.5 Å². The van der Waals surface area contributed by atoms with E-state index in [2.05, 4.69) is 15.9 Å². The standard InChI is InChI=1S/C17H18BrNO2/c1-11-15(5-4-6-16(11)18)17(21)19(3)12(2)13-7-9-14(20)10-8-13/h4-10,12,20H,1-3H3. The largest absolute Gasteiger partial charge is 0.508 e. The fourth-order valence-corrected chi connectivity index (χ4v) is 2.55. The van der Waals surface area contributed by atoms with E-state index >= 15 is 0 Å². The second-order valence-electron chi connectivity index (χ2n) is 5.10. The lowest BCUT2D eigenvalue weighted by atomic mass is 10.0. The van der Waals surface area contributed by atoms with Crippen molar-refractivity contribution in [1.29, 1.82) is 0 Å². The minimum absolute atomic E-state index is 0.0191. The first kappa shape index (κ1) is 15.6.